The third kappa shape index (κ3) is 5.46. The zero-order valence-electron chi connectivity index (χ0n) is 26.6. The van der Waals surface area contributed by atoms with Gasteiger partial charge in [-0.15, -0.1) is 0 Å². The number of aromatic nitrogens is 2. The molecule has 0 aliphatic rings. The molecule has 6 rings (SSSR count). The second kappa shape index (κ2) is 12.9. The van der Waals surface area contributed by atoms with Crippen molar-refractivity contribution in [3.63, 3.8) is 0 Å². The Kier molecular flexibility index (Phi) is 8.89. The van der Waals surface area contributed by atoms with Gasteiger partial charge < -0.3 is 9.13 Å². The molecule has 0 aliphatic heterocycles. The Balaban J connectivity index is 1.31. The molecule has 0 N–H and O–H groups in total. The second-order valence-electron chi connectivity index (χ2n) is 12.8. The van der Waals surface area contributed by atoms with Gasteiger partial charge in [-0.2, -0.15) is 0 Å². The molecule has 0 fully saturated rings. The van der Waals surface area contributed by atoms with Crippen LogP contribution in [0.4, 0.5) is 0 Å². The summed E-state index contributed by atoms with van der Waals surface area (Å²) in [4.78, 5) is 0. The molecular formula is C40H50N2. The first-order valence-corrected chi connectivity index (χ1v) is 17.0. The van der Waals surface area contributed by atoms with Crippen molar-refractivity contribution in [2.24, 2.45) is 14.1 Å². The van der Waals surface area contributed by atoms with Crippen molar-refractivity contribution in [1.82, 2.24) is 9.13 Å². The van der Waals surface area contributed by atoms with Gasteiger partial charge in [0, 0.05) is 47.3 Å². The zero-order valence-corrected chi connectivity index (χ0v) is 26.6. The highest BCUT2D eigenvalue weighted by atomic mass is 14.9. The molecule has 4 aromatic carbocycles. The third-order valence-electron chi connectivity index (χ3n) is 10.0. The summed E-state index contributed by atoms with van der Waals surface area (Å²) in [5.74, 6) is 0. The minimum Gasteiger partial charge on any atom is -0.348 e. The Hall–Kier alpha value is -3.26. The summed E-state index contributed by atoms with van der Waals surface area (Å²) in [6.07, 6.45) is 18.5. The van der Waals surface area contributed by atoms with Gasteiger partial charge in [0.2, 0.25) is 0 Å². The van der Waals surface area contributed by atoms with Gasteiger partial charge in [-0.1, -0.05) is 114 Å². The summed E-state index contributed by atoms with van der Waals surface area (Å²) >= 11 is 0. The molecule has 2 heteroatoms. The van der Waals surface area contributed by atoms with Crippen LogP contribution in [0.5, 0.6) is 0 Å². The van der Waals surface area contributed by atoms with E-state index in [-0.39, 0.29) is 0 Å². The zero-order chi connectivity index (χ0) is 29.1. The van der Waals surface area contributed by atoms with E-state index in [0.29, 0.717) is 0 Å². The Morgan fingerprint density at radius 3 is 1.07 bits per heavy atom. The Bertz CT molecular complexity index is 1690. The molecule has 2 heterocycles. The van der Waals surface area contributed by atoms with Gasteiger partial charge >= 0.3 is 0 Å². The molecular weight excluding hydrogens is 508 g/mol. The van der Waals surface area contributed by atoms with E-state index in [0.717, 1.165) is 0 Å². The summed E-state index contributed by atoms with van der Waals surface area (Å²) in [6.45, 7) is 4.58. The van der Waals surface area contributed by atoms with Crippen molar-refractivity contribution in [1.29, 1.82) is 0 Å². The van der Waals surface area contributed by atoms with E-state index in [1.807, 2.05) is 0 Å². The molecule has 0 bridgehead atoms. The second-order valence-corrected chi connectivity index (χ2v) is 12.8. The highest BCUT2D eigenvalue weighted by Gasteiger charge is 2.14. The van der Waals surface area contributed by atoms with Gasteiger partial charge in [-0.05, 0) is 82.3 Å². The lowest BCUT2D eigenvalue weighted by Crippen LogP contribution is -1.96. The molecule has 0 saturated carbocycles. The van der Waals surface area contributed by atoms with Gasteiger partial charge in [-0.3, -0.25) is 0 Å². The lowest BCUT2D eigenvalue weighted by atomic mass is 9.94. The smallest absolute Gasteiger partial charge is 0.0486 e. The van der Waals surface area contributed by atoms with Crippen molar-refractivity contribution in [2.45, 2.75) is 104 Å². The third-order valence-corrected chi connectivity index (χ3v) is 10.0. The van der Waals surface area contributed by atoms with Crippen molar-refractivity contribution in [3.05, 3.63) is 72.1 Å². The quantitative estimate of drug-likeness (QED) is 0.0929. The van der Waals surface area contributed by atoms with Crippen molar-refractivity contribution >= 4 is 54.1 Å². The maximum absolute atomic E-state index is 2.47. The van der Waals surface area contributed by atoms with Gasteiger partial charge in [0.25, 0.3) is 0 Å². The summed E-state index contributed by atoms with van der Waals surface area (Å²) in [5.41, 5.74) is 5.64. The number of unbranched alkanes of at least 4 members (excludes halogenated alkanes) is 10. The highest BCUT2D eigenvalue weighted by Crippen LogP contribution is 2.38. The topological polar surface area (TPSA) is 9.86 Å². The van der Waals surface area contributed by atoms with Crippen LogP contribution in [0.25, 0.3) is 54.1 Å². The largest absolute Gasteiger partial charge is 0.348 e. The summed E-state index contributed by atoms with van der Waals surface area (Å²) < 4.78 is 4.86. The molecule has 2 nitrogen and oxygen atoms in total. The predicted molar refractivity (Wildman–Crippen MR) is 186 cm³/mol. The van der Waals surface area contributed by atoms with Crippen LogP contribution in [0.2, 0.25) is 0 Å². The minimum atomic E-state index is 1.17. The summed E-state index contributed by atoms with van der Waals surface area (Å²) in [5, 5.41) is 11.0. The molecule has 0 spiro atoms. The van der Waals surface area contributed by atoms with Gasteiger partial charge in [0.1, 0.15) is 0 Å². The minimum absolute atomic E-state index is 1.17. The lowest BCUT2D eigenvalue weighted by molar-refractivity contribution is 0.600. The molecule has 0 radical (unpaired) electrons. The van der Waals surface area contributed by atoms with E-state index in [1.165, 1.54) is 155 Å². The first-order chi connectivity index (χ1) is 20.6. The van der Waals surface area contributed by atoms with Crippen LogP contribution in [0.3, 0.4) is 0 Å². The number of aryl methyl sites for hydroxylation is 4. The van der Waals surface area contributed by atoms with Crippen LogP contribution in [0.15, 0.2) is 60.7 Å². The maximum Gasteiger partial charge on any atom is 0.0486 e. The van der Waals surface area contributed by atoms with E-state index >= 15 is 0 Å². The SMILES string of the molecule is CCCCCCCCc1cc2c3ccc4c(ccc5c4ccc4c5cc(CCCCCCCC)n4C)c3ccc2n1C. The predicted octanol–water partition coefficient (Wildman–Crippen LogP) is 11.9. The Morgan fingerprint density at radius 1 is 0.381 bits per heavy atom. The first kappa shape index (κ1) is 28.8. The molecule has 2 aromatic heterocycles. The fraction of sp³-hybridized carbons (Fsp3) is 0.450. The van der Waals surface area contributed by atoms with E-state index in [2.05, 4.69) is 97.7 Å². The number of hydrogen-bond donors (Lipinski definition) is 0. The average molecular weight is 559 g/mol. The van der Waals surface area contributed by atoms with Crippen LogP contribution >= 0.6 is 0 Å². The monoisotopic (exact) mass is 558 g/mol. The van der Waals surface area contributed by atoms with Crippen LogP contribution < -0.4 is 0 Å². The van der Waals surface area contributed by atoms with Gasteiger partial charge in [-0.25, -0.2) is 0 Å². The molecule has 6 aromatic rings. The van der Waals surface area contributed by atoms with Crippen LogP contribution in [-0.2, 0) is 26.9 Å². The molecule has 220 valence electrons. The maximum atomic E-state index is 2.47. The highest BCUT2D eigenvalue weighted by molar-refractivity contribution is 6.24. The van der Waals surface area contributed by atoms with Crippen LogP contribution in [0, 0.1) is 0 Å². The number of rotatable bonds is 14. The van der Waals surface area contributed by atoms with Crippen LogP contribution in [-0.4, -0.2) is 9.13 Å². The van der Waals surface area contributed by atoms with E-state index in [9.17, 15) is 0 Å². The molecule has 0 aliphatic carbocycles. The van der Waals surface area contributed by atoms with E-state index in [4.69, 9.17) is 0 Å². The van der Waals surface area contributed by atoms with Crippen molar-refractivity contribution in [2.75, 3.05) is 0 Å². The Labute approximate surface area is 252 Å². The number of fused-ring (bicyclic) bond motifs is 9. The number of nitrogens with zero attached hydrogens (tertiary/aromatic N) is 2. The molecule has 0 unspecified atom stereocenters. The summed E-state index contributed by atoms with van der Waals surface area (Å²) in [6, 6.07) is 23.9. The molecule has 0 amide bonds. The molecule has 0 atom stereocenters. The average Bonchev–Trinajstić information content (AvgIpc) is 3.51. The van der Waals surface area contributed by atoms with E-state index < -0.39 is 0 Å². The number of benzene rings is 4. The first-order valence-electron chi connectivity index (χ1n) is 17.0. The van der Waals surface area contributed by atoms with Crippen molar-refractivity contribution < 1.29 is 0 Å². The normalized spacial score (nSPS) is 12.2. The van der Waals surface area contributed by atoms with Gasteiger partial charge in [0.15, 0.2) is 0 Å². The summed E-state index contributed by atoms with van der Waals surface area (Å²) in [7, 11) is 4.50. The Morgan fingerprint density at radius 2 is 0.690 bits per heavy atom. The van der Waals surface area contributed by atoms with Crippen LogP contribution in [0.1, 0.15) is 102 Å². The number of hydrogen-bond acceptors (Lipinski definition) is 0. The van der Waals surface area contributed by atoms with Gasteiger partial charge in [0.05, 0.1) is 0 Å². The molecule has 0 saturated heterocycles. The molecule has 42 heavy (non-hydrogen) atoms. The van der Waals surface area contributed by atoms with E-state index in [1.54, 1.807) is 0 Å². The lowest BCUT2D eigenvalue weighted by Gasteiger charge is -2.10. The van der Waals surface area contributed by atoms with Crippen molar-refractivity contribution in [3.8, 4) is 0 Å². The standard InChI is InChI=1S/C40H50N2/c1-5-7-9-11-13-15-17-29-27-37-35-21-19-32-31(33(35)23-25-39(37)41(29)3)20-22-36-34(32)24-26-40-38(36)28-30(42(40)4)18-16-14-12-10-8-6-2/h19-28H,5-18H2,1-4H3. The fourth-order valence-electron chi connectivity index (χ4n) is 7.44. The fourth-order valence-corrected chi connectivity index (χ4v) is 7.44.